The molecule has 4 aromatic rings. The fourth-order valence-electron chi connectivity index (χ4n) is 3.06. The van der Waals surface area contributed by atoms with Gasteiger partial charge in [-0.25, -0.2) is 14.0 Å². The summed E-state index contributed by atoms with van der Waals surface area (Å²) in [5.41, 5.74) is 1.33. The highest BCUT2D eigenvalue weighted by molar-refractivity contribution is 5.92. The summed E-state index contributed by atoms with van der Waals surface area (Å²) in [6.45, 7) is 0. The first-order chi connectivity index (χ1) is 15.0. The summed E-state index contributed by atoms with van der Waals surface area (Å²) < 4.78 is 24.9. The minimum Gasteiger partial charge on any atom is -0.497 e. The molecule has 2 heterocycles. The topological polar surface area (TPSA) is 111 Å². The highest BCUT2D eigenvalue weighted by Crippen LogP contribution is 2.26. The van der Waals surface area contributed by atoms with E-state index in [1.54, 1.807) is 36.4 Å². The van der Waals surface area contributed by atoms with Crippen LogP contribution in [0.1, 0.15) is 5.82 Å². The second kappa shape index (κ2) is 8.27. The molecule has 2 aromatic carbocycles. The summed E-state index contributed by atoms with van der Waals surface area (Å²) in [6.07, 6.45) is -0.155. The van der Waals surface area contributed by atoms with Crippen molar-refractivity contribution in [2.75, 3.05) is 19.5 Å². The van der Waals surface area contributed by atoms with Crippen LogP contribution in [0.3, 0.4) is 0 Å². The number of carbonyl (C=O) groups excluding carboxylic acids is 1. The van der Waals surface area contributed by atoms with Gasteiger partial charge in [0.1, 0.15) is 22.8 Å². The predicted molar refractivity (Wildman–Crippen MR) is 111 cm³/mol. The number of nitrogens with zero attached hydrogens (tertiary/aromatic N) is 3. The molecule has 4 rings (SSSR count). The molecule has 0 aliphatic carbocycles. The normalized spacial score (nSPS) is 10.8. The number of aromatic amines is 1. The Morgan fingerprint density at radius 2 is 1.77 bits per heavy atom. The zero-order chi connectivity index (χ0) is 22.0. The van der Waals surface area contributed by atoms with Gasteiger partial charge in [-0.2, -0.15) is 10.2 Å². The van der Waals surface area contributed by atoms with E-state index >= 15 is 0 Å². The third-order valence-electron chi connectivity index (χ3n) is 4.57. The first-order valence-electron chi connectivity index (χ1n) is 9.23. The molecule has 9 nitrogen and oxygen atoms in total. The van der Waals surface area contributed by atoms with Crippen LogP contribution in [0.25, 0.3) is 16.8 Å². The van der Waals surface area contributed by atoms with E-state index in [0.29, 0.717) is 28.4 Å². The summed E-state index contributed by atoms with van der Waals surface area (Å²) >= 11 is 0. The molecule has 0 saturated heterocycles. The van der Waals surface area contributed by atoms with Crippen molar-refractivity contribution in [1.82, 2.24) is 19.8 Å². The third-order valence-corrected chi connectivity index (χ3v) is 4.57. The molecule has 158 valence electrons. The smallest absolute Gasteiger partial charge is 0.290 e. The van der Waals surface area contributed by atoms with Gasteiger partial charge in [-0.1, -0.05) is 0 Å². The number of H-pyrrole nitrogens is 1. The fraction of sp³-hybridized carbons (Fsp3) is 0.143. The van der Waals surface area contributed by atoms with Crippen molar-refractivity contribution >= 4 is 17.1 Å². The number of ether oxygens (including phenoxy) is 2. The van der Waals surface area contributed by atoms with Crippen LogP contribution in [0, 0.1) is 5.82 Å². The van der Waals surface area contributed by atoms with Gasteiger partial charge in [-0.05, 0) is 30.3 Å². The van der Waals surface area contributed by atoms with Gasteiger partial charge in [0.25, 0.3) is 5.56 Å². The molecule has 10 heteroatoms. The highest BCUT2D eigenvalue weighted by atomic mass is 19.1. The summed E-state index contributed by atoms with van der Waals surface area (Å²) in [6, 6.07) is 12.3. The number of nitrogens with one attached hydrogen (secondary N) is 2. The van der Waals surface area contributed by atoms with Crippen LogP contribution in [0.15, 0.2) is 53.3 Å². The molecule has 0 spiro atoms. The maximum Gasteiger partial charge on any atom is 0.290 e. The monoisotopic (exact) mass is 423 g/mol. The van der Waals surface area contributed by atoms with Gasteiger partial charge < -0.3 is 14.8 Å². The summed E-state index contributed by atoms with van der Waals surface area (Å²) in [5.74, 6) is 0.523. The number of fused-ring (bicyclic) bond motifs is 1. The van der Waals surface area contributed by atoms with Crippen LogP contribution in [-0.2, 0) is 11.2 Å². The van der Waals surface area contributed by atoms with Gasteiger partial charge in [-0.15, -0.1) is 0 Å². The number of rotatable bonds is 6. The maximum atomic E-state index is 13.2. The zero-order valence-corrected chi connectivity index (χ0v) is 16.7. The van der Waals surface area contributed by atoms with Crippen LogP contribution in [-0.4, -0.2) is 39.9 Å². The number of halogens is 1. The standard InChI is InChI=1S/C21H18FN5O4/c1-30-15-7-14(8-16(9-15)31-2)23-20(28)11-19-24-25-21(29)18-10-17(26-27(18)19)12-3-5-13(22)6-4-12/h3-10H,11H2,1-2H3,(H,23,28)(H,25,29). The molecular formula is C21H18FN5O4. The number of hydrogen-bond donors (Lipinski definition) is 2. The highest BCUT2D eigenvalue weighted by Gasteiger charge is 2.15. The molecule has 0 unspecified atom stereocenters. The van der Waals surface area contributed by atoms with Crippen molar-refractivity contribution in [2.45, 2.75) is 6.42 Å². The van der Waals surface area contributed by atoms with Gasteiger partial charge in [-0.3, -0.25) is 9.59 Å². The van der Waals surface area contributed by atoms with E-state index in [2.05, 4.69) is 20.6 Å². The molecular weight excluding hydrogens is 405 g/mol. The molecule has 2 aromatic heterocycles. The molecule has 0 saturated carbocycles. The minimum absolute atomic E-state index is 0.155. The Morgan fingerprint density at radius 3 is 2.42 bits per heavy atom. The van der Waals surface area contributed by atoms with Crippen LogP contribution in [0.2, 0.25) is 0 Å². The molecule has 0 aliphatic rings. The largest absolute Gasteiger partial charge is 0.497 e. The third kappa shape index (κ3) is 4.22. The van der Waals surface area contributed by atoms with E-state index in [4.69, 9.17) is 9.47 Å². The lowest BCUT2D eigenvalue weighted by atomic mass is 10.1. The number of anilines is 1. The zero-order valence-electron chi connectivity index (χ0n) is 16.7. The minimum atomic E-state index is -0.456. The van der Waals surface area contributed by atoms with Gasteiger partial charge in [0.05, 0.1) is 26.3 Å². The van der Waals surface area contributed by atoms with Crippen LogP contribution >= 0.6 is 0 Å². The van der Waals surface area contributed by atoms with E-state index < -0.39 is 5.56 Å². The quantitative estimate of drug-likeness (QED) is 0.493. The van der Waals surface area contributed by atoms with Crippen LogP contribution < -0.4 is 20.3 Å². The van der Waals surface area contributed by atoms with Gasteiger partial charge in [0.15, 0.2) is 5.82 Å². The first kappa shape index (κ1) is 20.1. The Morgan fingerprint density at radius 1 is 1.10 bits per heavy atom. The summed E-state index contributed by atoms with van der Waals surface area (Å²) in [4.78, 5) is 24.8. The average Bonchev–Trinajstić information content (AvgIpc) is 3.22. The average molecular weight is 423 g/mol. The number of aromatic nitrogens is 4. The van der Waals surface area contributed by atoms with E-state index in [0.717, 1.165) is 0 Å². The lowest BCUT2D eigenvalue weighted by Crippen LogP contribution is -2.22. The van der Waals surface area contributed by atoms with Crippen molar-refractivity contribution < 1.29 is 18.7 Å². The molecule has 0 fully saturated rings. The number of methoxy groups -OCH3 is 2. The number of benzene rings is 2. The predicted octanol–water partition coefficient (Wildman–Crippen LogP) is 2.42. The number of amides is 1. The van der Waals surface area contributed by atoms with Crippen molar-refractivity contribution in [3.8, 4) is 22.8 Å². The van der Waals surface area contributed by atoms with E-state index in [-0.39, 0.29) is 29.5 Å². The Balaban J connectivity index is 1.62. The van der Waals surface area contributed by atoms with Crippen LogP contribution in [0.5, 0.6) is 11.5 Å². The summed E-state index contributed by atoms with van der Waals surface area (Å²) in [5, 5.41) is 13.5. The fourth-order valence-corrected chi connectivity index (χ4v) is 3.06. The molecule has 0 atom stereocenters. The Hall–Kier alpha value is -4.21. The Kier molecular flexibility index (Phi) is 5.35. The lowest BCUT2D eigenvalue weighted by Gasteiger charge is -2.10. The SMILES string of the molecule is COc1cc(NC(=O)Cc2n[nH]c(=O)c3cc(-c4ccc(F)cc4)nn23)cc(OC)c1. The molecule has 0 bridgehead atoms. The van der Waals surface area contributed by atoms with Crippen molar-refractivity contribution in [2.24, 2.45) is 0 Å². The van der Waals surface area contributed by atoms with Crippen molar-refractivity contribution in [3.63, 3.8) is 0 Å². The van der Waals surface area contributed by atoms with Gasteiger partial charge >= 0.3 is 0 Å². The second-order valence-electron chi connectivity index (χ2n) is 6.63. The van der Waals surface area contributed by atoms with E-state index in [1.807, 2.05) is 0 Å². The maximum absolute atomic E-state index is 13.2. The van der Waals surface area contributed by atoms with Crippen LogP contribution in [0.4, 0.5) is 10.1 Å². The second-order valence-corrected chi connectivity index (χ2v) is 6.63. The van der Waals surface area contributed by atoms with E-state index in [9.17, 15) is 14.0 Å². The molecule has 0 radical (unpaired) electrons. The Labute approximate surface area is 175 Å². The number of hydrogen-bond acceptors (Lipinski definition) is 6. The molecule has 1 amide bonds. The molecule has 2 N–H and O–H groups in total. The van der Waals surface area contributed by atoms with Gasteiger partial charge in [0.2, 0.25) is 5.91 Å². The first-order valence-corrected chi connectivity index (χ1v) is 9.23. The lowest BCUT2D eigenvalue weighted by molar-refractivity contribution is -0.115. The Bertz CT molecular complexity index is 1290. The molecule has 0 aliphatic heterocycles. The van der Waals surface area contributed by atoms with Crippen molar-refractivity contribution in [3.05, 3.63) is 70.5 Å². The number of carbonyl (C=O) groups is 1. The molecule has 31 heavy (non-hydrogen) atoms. The van der Waals surface area contributed by atoms with E-state index in [1.165, 1.54) is 30.9 Å². The van der Waals surface area contributed by atoms with Gasteiger partial charge in [0, 0.05) is 29.4 Å². The van der Waals surface area contributed by atoms with Crippen molar-refractivity contribution in [1.29, 1.82) is 0 Å². The summed E-state index contributed by atoms with van der Waals surface area (Å²) in [7, 11) is 3.02.